The number of carbonyl (C=O) groups is 1. The Labute approximate surface area is 143 Å². The summed E-state index contributed by atoms with van der Waals surface area (Å²) in [4.78, 5) is 11.2. The van der Waals surface area contributed by atoms with Crippen LogP contribution in [0.3, 0.4) is 0 Å². The normalized spacial score (nSPS) is 13.4. The van der Waals surface area contributed by atoms with Crippen molar-refractivity contribution in [2.45, 2.75) is 70.0 Å². The van der Waals surface area contributed by atoms with Crippen molar-refractivity contribution >= 4 is 17.0 Å². The quantitative estimate of drug-likeness (QED) is 0.234. The summed E-state index contributed by atoms with van der Waals surface area (Å²) in [6.07, 6.45) is 9.51. The smallest absolute Gasteiger partial charge is 1.00 e. The maximum absolute atomic E-state index is 11.2. The molecule has 0 aromatic rings. The Hall–Kier alpha value is 0.580. The minimum absolute atomic E-state index is 0. The predicted molar refractivity (Wildman–Crippen MR) is 73.1 cm³/mol. The largest absolute Gasteiger partial charge is 1.00 e. The number of ether oxygens (including phenoxy) is 1. The molecule has 0 aromatic heterocycles. The van der Waals surface area contributed by atoms with Gasteiger partial charge < -0.3 is 10.7 Å². The van der Waals surface area contributed by atoms with Gasteiger partial charge in [0.1, 0.15) is 5.25 Å². The van der Waals surface area contributed by atoms with E-state index in [4.69, 9.17) is 0 Å². The summed E-state index contributed by atoms with van der Waals surface area (Å²) in [7, 11) is 1.22. The van der Waals surface area contributed by atoms with Gasteiger partial charge in [0, 0.05) is 0 Å². The Kier molecular flexibility index (Phi) is 17.2. The molecule has 0 aliphatic heterocycles. The third-order valence-corrected chi connectivity index (χ3v) is 3.91. The first-order valence-corrected chi connectivity index (χ1v) is 7.93. The standard InChI is InChI=1S/C13H26O4S.Na.H/c1-3-4-5-6-7-8-9-10-11-12(18(15)16)13(14)17-2;;/h12H,3-11H2,1-2H3,(H,15,16);;/q;+1;-1/p-1. The minimum atomic E-state index is -2.37. The third-order valence-electron chi connectivity index (χ3n) is 3.02. The van der Waals surface area contributed by atoms with E-state index in [9.17, 15) is 13.6 Å². The van der Waals surface area contributed by atoms with Crippen molar-refractivity contribution < 1.29 is 49.3 Å². The number of methoxy groups -OCH3 is 1. The van der Waals surface area contributed by atoms with Gasteiger partial charge in [-0.2, -0.15) is 0 Å². The van der Waals surface area contributed by atoms with Crippen LogP contribution < -0.4 is 29.6 Å². The monoisotopic (exact) mass is 301 g/mol. The van der Waals surface area contributed by atoms with Gasteiger partial charge in [0.05, 0.1) is 7.11 Å². The molecule has 110 valence electrons. The van der Waals surface area contributed by atoms with Gasteiger partial charge in [0.2, 0.25) is 0 Å². The fourth-order valence-corrected chi connectivity index (χ4v) is 2.50. The number of hydrogen-bond acceptors (Lipinski definition) is 4. The molecule has 4 nitrogen and oxygen atoms in total. The molecule has 19 heavy (non-hydrogen) atoms. The van der Waals surface area contributed by atoms with Crippen LogP contribution in [0.15, 0.2) is 0 Å². The Balaban J connectivity index is -0.00000144. The summed E-state index contributed by atoms with van der Waals surface area (Å²) in [5.74, 6) is -0.647. The molecule has 2 atom stereocenters. The van der Waals surface area contributed by atoms with Gasteiger partial charge in [-0.3, -0.25) is 9.00 Å². The van der Waals surface area contributed by atoms with Crippen molar-refractivity contribution in [1.82, 2.24) is 0 Å². The number of hydrogen-bond donors (Lipinski definition) is 0. The van der Waals surface area contributed by atoms with Crippen LogP contribution >= 0.6 is 0 Å². The van der Waals surface area contributed by atoms with Crippen LogP contribution in [-0.4, -0.2) is 27.1 Å². The van der Waals surface area contributed by atoms with E-state index in [0.717, 1.165) is 19.3 Å². The molecule has 2 unspecified atom stereocenters. The van der Waals surface area contributed by atoms with Crippen LogP contribution in [0, 0.1) is 0 Å². The molecule has 0 aliphatic rings. The van der Waals surface area contributed by atoms with E-state index in [0.29, 0.717) is 6.42 Å². The molecule has 0 amide bonds. The zero-order valence-corrected chi connectivity index (χ0v) is 15.3. The van der Waals surface area contributed by atoms with Gasteiger partial charge >= 0.3 is 35.5 Å². The molecule has 0 rings (SSSR count). The van der Waals surface area contributed by atoms with Crippen LogP contribution in [0.2, 0.25) is 0 Å². The van der Waals surface area contributed by atoms with Crippen LogP contribution in [0.25, 0.3) is 0 Å². The molecular weight excluding hydrogens is 275 g/mol. The SMILES string of the molecule is CCCCCCCCCCC(C(=O)OC)S(=O)[O-].[H-].[Na+]. The summed E-state index contributed by atoms with van der Waals surface area (Å²) >= 11 is -2.37. The van der Waals surface area contributed by atoms with Crippen molar-refractivity contribution in [2.24, 2.45) is 0 Å². The molecule has 6 heteroatoms. The van der Waals surface area contributed by atoms with E-state index in [-0.39, 0.29) is 31.0 Å². The van der Waals surface area contributed by atoms with Crippen molar-refractivity contribution in [2.75, 3.05) is 7.11 Å². The zero-order valence-electron chi connectivity index (χ0n) is 13.5. The second-order valence-electron chi connectivity index (χ2n) is 4.54. The molecule has 0 saturated heterocycles. The number of esters is 1. The molecule has 0 saturated carbocycles. The molecule has 0 spiro atoms. The topological polar surface area (TPSA) is 66.4 Å². The summed E-state index contributed by atoms with van der Waals surface area (Å²) in [5, 5.41) is -0.991. The van der Waals surface area contributed by atoms with E-state index < -0.39 is 22.3 Å². The second-order valence-corrected chi connectivity index (χ2v) is 5.63. The van der Waals surface area contributed by atoms with Crippen LogP contribution in [0.1, 0.15) is 66.1 Å². The summed E-state index contributed by atoms with van der Waals surface area (Å²) in [6.45, 7) is 2.19. The van der Waals surface area contributed by atoms with Crippen molar-refractivity contribution in [1.29, 1.82) is 0 Å². The van der Waals surface area contributed by atoms with Gasteiger partial charge in [0.25, 0.3) is 0 Å². The number of rotatable bonds is 11. The molecule has 0 radical (unpaired) electrons. The molecule has 0 heterocycles. The van der Waals surface area contributed by atoms with Gasteiger partial charge in [-0.25, -0.2) is 0 Å². The van der Waals surface area contributed by atoms with E-state index in [1.54, 1.807) is 0 Å². The average Bonchev–Trinajstić information content (AvgIpc) is 2.35. The molecular formula is C13H26NaO4S-. The van der Waals surface area contributed by atoms with Crippen molar-refractivity contribution in [3.05, 3.63) is 0 Å². The number of unbranched alkanes of at least 4 members (excludes halogenated alkanes) is 7. The fourth-order valence-electron chi connectivity index (χ4n) is 1.89. The van der Waals surface area contributed by atoms with Crippen LogP contribution in [0.5, 0.6) is 0 Å². The van der Waals surface area contributed by atoms with E-state index >= 15 is 0 Å². The van der Waals surface area contributed by atoms with Gasteiger partial charge in [-0.15, -0.1) is 0 Å². The summed E-state index contributed by atoms with van der Waals surface area (Å²) in [5.41, 5.74) is 0. The van der Waals surface area contributed by atoms with Gasteiger partial charge in [-0.05, 0) is 17.5 Å². The van der Waals surface area contributed by atoms with Crippen LogP contribution in [-0.2, 0) is 20.6 Å². The maximum atomic E-state index is 11.2. The Morgan fingerprint density at radius 2 is 1.63 bits per heavy atom. The van der Waals surface area contributed by atoms with Crippen molar-refractivity contribution in [3.8, 4) is 0 Å². The fraction of sp³-hybridized carbons (Fsp3) is 0.923. The second kappa shape index (κ2) is 15.0. The molecule has 0 bridgehead atoms. The predicted octanol–water partition coefficient (Wildman–Crippen LogP) is 0.0544. The minimum Gasteiger partial charge on any atom is -1.00 e. The van der Waals surface area contributed by atoms with E-state index in [1.165, 1.54) is 39.2 Å². The first kappa shape index (κ1) is 21.9. The first-order chi connectivity index (χ1) is 8.63. The Morgan fingerprint density at radius 3 is 2.05 bits per heavy atom. The maximum Gasteiger partial charge on any atom is 1.00 e. The van der Waals surface area contributed by atoms with Gasteiger partial charge in [-0.1, -0.05) is 58.3 Å². The summed E-state index contributed by atoms with van der Waals surface area (Å²) in [6, 6.07) is 0. The third kappa shape index (κ3) is 12.1. The van der Waals surface area contributed by atoms with E-state index in [1.807, 2.05) is 0 Å². The average molecular weight is 301 g/mol. The summed E-state index contributed by atoms with van der Waals surface area (Å²) < 4.78 is 26.1. The van der Waals surface area contributed by atoms with Gasteiger partial charge in [0.15, 0.2) is 0 Å². The Bertz CT molecular complexity index is 255. The molecule has 0 fully saturated rings. The number of carbonyl (C=O) groups excluding carboxylic acids is 1. The zero-order chi connectivity index (χ0) is 13.8. The Morgan fingerprint density at radius 1 is 1.16 bits per heavy atom. The van der Waals surface area contributed by atoms with Crippen molar-refractivity contribution in [3.63, 3.8) is 0 Å². The first-order valence-electron chi connectivity index (χ1n) is 6.79. The van der Waals surface area contributed by atoms with Crippen LogP contribution in [0.4, 0.5) is 0 Å². The van der Waals surface area contributed by atoms with E-state index in [2.05, 4.69) is 11.7 Å². The molecule has 0 N–H and O–H groups in total. The molecule has 0 aromatic carbocycles. The molecule has 0 aliphatic carbocycles.